The second-order valence-electron chi connectivity index (χ2n) is 3.22. The van der Waals surface area contributed by atoms with Crippen LogP contribution in [0.3, 0.4) is 0 Å². The molecule has 18 heavy (non-hydrogen) atoms. The summed E-state index contributed by atoms with van der Waals surface area (Å²) in [4.78, 5) is 0. The van der Waals surface area contributed by atoms with Gasteiger partial charge in [0.1, 0.15) is 5.82 Å². The summed E-state index contributed by atoms with van der Waals surface area (Å²) in [6.45, 7) is 0. The molecule has 1 N–H and O–H groups in total. The largest absolute Gasteiger partial charge is 0.416 e. The van der Waals surface area contributed by atoms with Crippen LogP contribution in [-0.2, 0) is 6.18 Å². The van der Waals surface area contributed by atoms with E-state index in [9.17, 15) is 17.6 Å². The maximum Gasteiger partial charge on any atom is 0.416 e. The number of rotatable bonds is 2. The first-order valence-corrected chi connectivity index (χ1v) is 5.60. The van der Waals surface area contributed by atoms with Crippen molar-refractivity contribution in [3.05, 3.63) is 34.7 Å². The molecule has 1 heterocycles. The van der Waals surface area contributed by atoms with Crippen LogP contribution in [0.15, 0.2) is 18.2 Å². The van der Waals surface area contributed by atoms with Gasteiger partial charge in [0.05, 0.1) is 23.0 Å². The number of hydrogen-bond acceptors (Lipinski definition) is 4. The average molecular weight is 298 g/mol. The third kappa shape index (κ3) is 2.70. The molecule has 96 valence electrons. The molecule has 0 unspecified atom stereocenters. The van der Waals surface area contributed by atoms with E-state index in [0.29, 0.717) is 12.1 Å². The van der Waals surface area contributed by atoms with Crippen LogP contribution in [0.5, 0.6) is 0 Å². The fourth-order valence-electron chi connectivity index (χ4n) is 1.18. The lowest BCUT2D eigenvalue weighted by Gasteiger charge is -2.10. The Morgan fingerprint density at radius 2 is 1.94 bits per heavy atom. The van der Waals surface area contributed by atoms with E-state index < -0.39 is 17.6 Å². The van der Waals surface area contributed by atoms with E-state index in [0.717, 1.165) is 17.8 Å². The van der Waals surface area contributed by atoms with E-state index in [4.69, 9.17) is 11.6 Å². The quantitative estimate of drug-likeness (QED) is 0.848. The fourth-order valence-corrected chi connectivity index (χ4v) is 1.82. The molecule has 9 heteroatoms. The predicted molar refractivity (Wildman–Crippen MR) is 59.6 cm³/mol. The second-order valence-corrected chi connectivity index (χ2v) is 4.11. The van der Waals surface area contributed by atoms with Crippen LogP contribution < -0.4 is 5.32 Å². The molecule has 1 aromatic carbocycles. The number of anilines is 2. The van der Waals surface area contributed by atoms with Crippen molar-refractivity contribution in [2.45, 2.75) is 6.18 Å². The van der Waals surface area contributed by atoms with Crippen molar-refractivity contribution >= 4 is 34.8 Å². The molecule has 0 aliphatic heterocycles. The Hall–Kier alpha value is -1.41. The third-order valence-electron chi connectivity index (χ3n) is 2.00. The summed E-state index contributed by atoms with van der Waals surface area (Å²) in [7, 11) is 0. The van der Waals surface area contributed by atoms with E-state index in [1.807, 2.05) is 0 Å². The lowest BCUT2D eigenvalue weighted by molar-refractivity contribution is -0.137. The molecular formula is C9H4ClF4N3S. The molecule has 0 aliphatic carbocycles. The number of nitrogens with one attached hydrogen (secondary N) is 1. The molecule has 3 nitrogen and oxygen atoms in total. The maximum absolute atomic E-state index is 13.4. The highest BCUT2D eigenvalue weighted by Gasteiger charge is 2.31. The first kappa shape index (κ1) is 13.0. The van der Waals surface area contributed by atoms with Gasteiger partial charge in [0.25, 0.3) is 0 Å². The van der Waals surface area contributed by atoms with E-state index in [-0.39, 0.29) is 16.7 Å². The van der Waals surface area contributed by atoms with Crippen molar-refractivity contribution in [2.75, 3.05) is 5.32 Å². The molecule has 0 spiro atoms. The van der Waals surface area contributed by atoms with Gasteiger partial charge < -0.3 is 5.32 Å². The Kier molecular flexibility index (Phi) is 3.40. The number of alkyl halides is 3. The van der Waals surface area contributed by atoms with Gasteiger partial charge in [0.2, 0.25) is 0 Å². The summed E-state index contributed by atoms with van der Waals surface area (Å²) in [6.07, 6.45) is -4.55. The Bertz CT molecular complexity index is 569. The predicted octanol–water partition coefficient (Wildman–Crippen LogP) is 4.09. The third-order valence-corrected chi connectivity index (χ3v) is 2.89. The van der Waals surface area contributed by atoms with E-state index in [1.54, 1.807) is 0 Å². The van der Waals surface area contributed by atoms with Crippen molar-refractivity contribution in [3.8, 4) is 0 Å². The highest BCUT2D eigenvalue weighted by atomic mass is 35.5. The molecule has 0 saturated carbocycles. The highest BCUT2D eigenvalue weighted by Crippen LogP contribution is 2.33. The molecule has 2 rings (SSSR count). The van der Waals surface area contributed by atoms with E-state index >= 15 is 0 Å². The van der Waals surface area contributed by atoms with Gasteiger partial charge >= 0.3 is 6.18 Å². The molecule has 2 aromatic rings. The van der Waals surface area contributed by atoms with Gasteiger partial charge in [-0.05, 0) is 18.2 Å². The molecule has 0 amide bonds. The van der Waals surface area contributed by atoms with Crippen molar-refractivity contribution in [1.29, 1.82) is 0 Å². The van der Waals surface area contributed by atoms with Crippen LogP contribution in [0, 0.1) is 5.82 Å². The number of halogens is 5. The van der Waals surface area contributed by atoms with Crippen molar-refractivity contribution < 1.29 is 17.6 Å². The molecule has 0 radical (unpaired) electrons. The van der Waals surface area contributed by atoms with Crippen LogP contribution in [0.2, 0.25) is 5.15 Å². The van der Waals surface area contributed by atoms with Crippen LogP contribution in [0.4, 0.5) is 29.1 Å². The maximum atomic E-state index is 13.4. The summed E-state index contributed by atoms with van der Waals surface area (Å²) >= 11 is 6.36. The molecule has 1 aromatic heterocycles. The van der Waals surface area contributed by atoms with E-state index in [2.05, 4.69) is 14.1 Å². The molecule has 0 fully saturated rings. The van der Waals surface area contributed by atoms with Gasteiger partial charge in [0, 0.05) is 0 Å². The van der Waals surface area contributed by atoms with Crippen LogP contribution in [0.25, 0.3) is 0 Å². The zero-order chi connectivity index (χ0) is 13.3. The molecular weight excluding hydrogens is 294 g/mol. The van der Waals surface area contributed by atoms with Crippen LogP contribution >= 0.6 is 23.3 Å². The first-order chi connectivity index (χ1) is 8.38. The van der Waals surface area contributed by atoms with Gasteiger partial charge in [-0.15, -0.1) is 0 Å². The molecule has 0 saturated heterocycles. The van der Waals surface area contributed by atoms with Crippen molar-refractivity contribution in [1.82, 2.24) is 8.75 Å². The second kappa shape index (κ2) is 4.69. The number of aromatic nitrogens is 2. The summed E-state index contributed by atoms with van der Waals surface area (Å²) in [5.41, 5.74) is -1.33. The number of hydrogen-bond donors (Lipinski definition) is 1. The zero-order valence-corrected chi connectivity index (χ0v) is 10.00. The van der Waals surface area contributed by atoms with Crippen molar-refractivity contribution in [3.63, 3.8) is 0 Å². The minimum absolute atomic E-state index is 0.0138. The zero-order valence-electron chi connectivity index (χ0n) is 8.42. The summed E-state index contributed by atoms with van der Waals surface area (Å²) in [5, 5.41) is 2.33. The van der Waals surface area contributed by atoms with Crippen LogP contribution in [0.1, 0.15) is 5.56 Å². The summed E-state index contributed by atoms with van der Waals surface area (Å²) in [6, 6.07) is 2.02. The molecule has 0 bridgehead atoms. The fraction of sp³-hybridized carbons (Fsp3) is 0.111. The summed E-state index contributed by atoms with van der Waals surface area (Å²) in [5.74, 6) is -0.827. The lowest BCUT2D eigenvalue weighted by atomic mass is 10.2. The van der Waals surface area contributed by atoms with Gasteiger partial charge in [-0.1, -0.05) is 11.6 Å². The van der Waals surface area contributed by atoms with Crippen LogP contribution in [-0.4, -0.2) is 8.75 Å². The topological polar surface area (TPSA) is 37.8 Å². The smallest absolute Gasteiger partial charge is 0.334 e. The highest BCUT2D eigenvalue weighted by molar-refractivity contribution is 6.99. The summed E-state index contributed by atoms with van der Waals surface area (Å²) < 4.78 is 58.0. The van der Waals surface area contributed by atoms with Crippen molar-refractivity contribution in [2.24, 2.45) is 0 Å². The standard InChI is InChI=1S/C9H4ClF4N3S/c10-7-8(17-18-16-7)15-6-3-4(9(12,13)14)1-2-5(6)11/h1-3H,(H,15,17). The van der Waals surface area contributed by atoms with Gasteiger partial charge in [-0.2, -0.15) is 21.9 Å². The molecule has 0 atom stereocenters. The average Bonchev–Trinajstić information content (AvgIpc) is 2.66. The Morgan fingerprint density at radius 3 is 2.50 bits per heavy atom. The normalized spacial score (nSPS) is 11.6. The first-order valence-electron chi connectivity index (χ1n) is 4.50. The van der Waals surface area contributed by atoms with Gasteiger partial charge in [-0.3, -0.25) is 0 Å². The van der Waals surface area contributed by atoms with Gasteiger partial charge in [-0.25, -0.2) is 4.39 Å². The Balaban J connectivity index is 2.36. The Morgan fingerprint density at radius 1 is 1.22 bits per heavy atom. The lowest BCUT2D eigenvalue weighted by Crippen LogP contribution is -2.06. The van der Waals surface area contributed by atoms with E-state index in [1.165, 1.54) is 0 Å². The molecule has 0 aliphatic rings. The minimum Gasteiger partial charge on any atom is -0.334 e. The minimum atomic E-state index is -4.55. The number of benzene rings is 1. The Labute approximate surface area is 108 Å². The monoisotopic (exact) mass is 297 g/mol. The SMILES string of the molecule is Fc1ccc(C(F)(F)F)cc1Nc1nsnc1Cl. The number of nitrogens with zero attached hydrogens (tertiary/aromatic N) is 2. The van der Waals surface area contributed by atoms with Gasteiger partial charge in [0.15, 0.2) is 11.0 Å².